The molecule has 4 unspecified atom stereocenters. The predicted octanol–water partition coefficient (Wildman–Crippen LogP) is 26.3. The number of unbranched alkanes of at least 4 members (excludes halogenated alkanes) is 49. The molecule has 0 radical (unpaired) electrons. The first-order valence-corrected chi connectivity index (χ1v) is 47.7. The van der Waals surface area contributed by atoms with Crippen LogP contribution in [-0.2, 0) is 65.4 Å². The van der Waals surface area contributed by atoms with Crippen LogP contribution in [0.4, 0.5) is 0 Å². The summed E-state index contributed by atoms with van der Waals surface area (Å²) in [5.74, 6) is 1.06. The Morgan fingerprint density at radius 2 is 0.453 bits per heavy atom. The number of esters is 4. The van der Waals surface area contributed by atoms with Gasteiger partial charge in [-0.15, -0.1) is 0 Å². The first kappa shape index (κ1) is 104. The van der Waals surface area contributed by atoms with E-state index in [0.29, 0.717) is 31.6 Å². The first-order chi connectivity index (χ1) is 51.1. The Bertz CT molecular complexity index is 2060. The number of hydrogen-bond donors (Lipinski definition) is 3. The van der Waals surface area contributed by atoms with Gasteiger partial charge in [0.1, 0.15) is 19.3 Å². The third-order valence-corrected chi connectivity index (χ3v) is 22.6. The lowest BCUT2D eigenvalue weighted by molar-refractivity contribution is -0.161. The molecule has 0 heterocycles. The normalized spacial score (nSPS) is 14.2. The number of phosphoric acid groups is 2. The van der Waals surface area contributed by atoms with E-state index in [9.17, 15) is 43.2 Å². The van der Waals surface area contributed by atoms with E-state index in [1.165, 1.54) is 250 Å². The Kier molecular flexibility index (Phi) is 74.3. The van der Waals surface area contributed by atoms with Crippen molar-refractivity contribution in [3.63, 3.8) is 0 Å². The van der Waals surface area contributed by atoms with E-state index < -0.39 is 97.5 Å². The van der Waals surface area contributed by atoms with Gasteiger partial charge in [0.25, 0.3) is 0 Å². The Morgan fingerprint density at radius 3 is 0.670 bits per heavy atom. The molecule has 0 saturated carbocycles. The van der Waals surface area contributed by atoms with E-state index >= 15 is 0 Å². The Balaban J connectivity index is 5.22. The van der Waals surface area contributed by atoms with E-state index in [-0.39, 0.29) is 25.7 Å². The van der Waals surface area contributed by atoms with Crippen LogP contribution in [0.15, 0.2) is 0 Å². The Labute approximate surface area is 651 Å². The number of phosphoric ester groups is 2. The van der Waals surface area contributed by atoms with Crippen LogP contribution >= 0.6 is 15.6 Å². The van der Waals surface area contributed by atoms with Gasteiger partial charge in [-0.05, 0) is 49.4 Å². The summed E-state index contributed by atoms with van der Waals surface area (Å²) in [4.78, 5) is 73.2. The zero-order chi connectivity index (χ0) is 78.1. The molecule has 3 N–H and O–H groups in total. The lowest BCUT2D eigenvalue weighted by Gasteiger charge is -2.21. The third kappa shape index (κ3) is 78.7. The fourth-order valence-electron chi connectivity index (χ4n) is 13.5. The number of aliphatic hydroxyl groups excluding tert-OH is 1. The summed E-state index contributed by atoms with van der Waals surface area (Å²) < 4.78 is 68.9. The number of ether oxygens (including phenoxy) is 4. The molecule has 0 bridgehead atoms. The van der Waals surface area contributed by atoms with Gasteiger partial charge in [0.2, 0.25) is 0 Å². The number of hydrogen-bond acceptors (Lipinski definition) is 15. The highest BCUT2D eigenvalue weighted by molar-refractivity contribution is 7.47. The van der Waals surface area contributed by atoms with E-state index in [0.717, 1.165) is 114 Å². The molecule has 0 rings (SSSR count). The van der Waals surface area contributed by atoms with Gasteiger partial charge in [0, 0.05) is 25.7 Å². The Hall–Kier alpha value is -1.94. The molecule has 0 aliphatic rings. The van der Waals surface area contributed by atoms with Gasteiger partial charge < -0.3 is 33.8 Å². The monoisotopic (exact) mass is 1550 g/mol. The molecule has 0 amide bonds. The standard InChI is InChI=1S/C87H170O17P2/c1-9-80(8)66-58-50-42-34-28-21-17-12-10-11-13-18-22-29-35-43-51-59-67-84(89)97-73-82(103-86(91)69-61-53-44-36-30-23-19-15-14-16-20-26-32-39-47-55-63-77(2)3)75-101-105(93,94)99-71-81(88)72-100-106(95,96)102-76-83(74-98-85(90)68-60-52-46-38-41-49-57-65-79(6)7)104-87(92)70-62-54-45-37-31-25-24-27-33-40-48-56-64-78(4)5/h77-83,88H,9-76H2,1-8H3,(H,93,94)(H,95,96)/t80?,81?,82-,83-/m1/s1. The van der Waals surface area contributed by atoms with Crippen LogP contribution in [0.5, 0.6) is 0 Å². The maximum atomic E-state index is 13.2. The van der Waals surface area contributed by atoms with Crippen LogP contribution in [-0.4, -0.2) is 96.7 Å². The summed E-state index contributed by atoms with van der Waals surface area (Å²) in [7, 11) is -9.93. The summed E-state index contributed by atoms with van der Waals surface area (Å²) in [6.45, 7) is 14.3. The van der Waals surface area contributed by atoms with E-state index in [4.69, 9.17) is 37.0 Å². The molecule has 6 atom stereocenters. The van der Waals surface area contributed by atoms with Crippen molar-refractivity contribution < 1.29 is 80.2 Å². The zero-order valence-corrected chi connectivity index (χ0v) is 71.9. The average Bonchev–Trinajstić information content (AvgIpc) is 0.900. The highest BCUT2D eigenvalue weighted by atomic mass is 31.2. The third-order valence-electron chi connectivity index (χ3n) is 20.7. The predicted molar refractivity (Wildman–Crippen MR) is 437 cm³/mol. The van der Waals surface area contributed by atoms with Crippen LogP contribution in [0.1, 0.15) is 453 Å². The molecule has 0 aromatic heterocycles. The zero-order valence-electron chi connectivity index (χ0n) is 70.1. The number of aliphatic hydroxyl groups is 1. The summed E-state index contributed by atoms with van der Waals surface area (Å²) in [5.41, 5.74) is 0. The van der Waals surface area contributed by atoms with Gasteiger partial charge in [-0.25, -0.2) is 9.13 Å². The SMILES string of the molecule is CCC(C)CCCCCCCCCCCCCCCCCCCCC(=O)OC[C@H](COP(=O)(O)OCC(O)COP(=O)(O)OC[C@@H](COC(=O)CCCCCCCCCC(C)C)OC(=O)CCCCCCCCCCCCCCC(C)C)OC(=O)CCCCCCCCCCCCCCCCCCC(C)C. The molecule has 19 heteroatoms. The summed E-state index contributed by atoms with van der Waals surface area (Å²) >= 11 is 0. The molecule has 0 aliphatic carbocycles. The maximum Gasteiger partial charge on any atom is 0.472 e. The van der Waals surface area contributed by atoms with Gasteiger partial charge in [-0.2, -0.15) is 0 Å². The minimum atomic E-state index is -4.97. The molecular formula is C87H170O17P2. The van der Waals surface area contributed by atoms with Crippen molar-refractivity contribution in [2.24, 2.45) is 23.7 Å². The molecule has 0 saturated heterocycles. The van der Waals surface area contributed by atoms with Gasteiger partial charge in [-0.3, -0.25) is 37.3 Å². The van der Waals surface area contributed by atoms with Gasteiger partial charge in [0.15, 0.2) is 12.2 Å². The first-order valence-electron chi connectivity index (χ1n) is 44.7. The number of carbonyl (C=O) groups is 4. The molecule has 0 aromatic rings. The quantitative estimate of drug-likeness (QED) is 0.0222. The molecule has 0 aromatic carbocycles. The highest BCUT2D eigenvalue weighted by Gasteiger charge is 2.31. The van der Waals surface area contributed by atoms with Crippen LogP contribution in [0.2, 0.25) is 0 Å². The summed E-state index contributed by atoms with van der Waals surface area (Å²) in [5, 5.41) is 10.7. The highest BCUT2D eigenvalue weighted by Crippen LogP contribution is 2.45. The second-order valence-corrected chi connectivity index (χ2v) is 35.9. The number of rotatable bonds is 84. The average molecular weight is 1550 g/mol. The van der Waals surface area contributed by atoms with Crippen molar-refractivity contribution in [2.75, 3.05) is 39.6 Å². The minimum Gasteiger partial charge on any atom is -0.462 e. The molecule has 630 valence electrons. The van der Waals surface area contributed by atoms with Crippen molar-refractivity contribution in [3.05, 3.63) is 0 Å². The molecule has 17 nitrogen and oxygen atoms in total. The molecule has 0 fully saturated rings. The van der Waals surface area contributed by atoms with Gasteiger partial charge >= 0.3 is 39.5 Å². The van der Waals surface area contributed by atoms with E-state index in [1.807, 2.05) is 0 Å². The van der Waals surface area contributed by atoms with Crippen molar-refractivity contribution in [1.82, 2.24) is 0 Å². The fourth-order valence-corrected chi connectivity index (χ4v) is 15.0. The van der Waals surface area contributed by atoms with Crippen molar-refractivity contribution in [2.45, 2.75) is 472 Å². The van der Waals surface area contributed by atoms with Crippen LogP contribution < -0.4 is 0 Å². The second kappa shape index (κ2) is 75.7. The minimum absolute atomic E-state index is 0.106. The van der Waals surface area contributed by atoms with Crippen molar-refractivity contribution in [3.8, 4) is 0 Å². The summed E-state index contributed by atoms with van der Waals surface area (Å²) in [6, 6.07) is 0. The van der Waals surface area contributed by atoms with E-state index in [2.05, 4.69) is 55.4 Å². The van der Waals surface area contributed by atoms with E-state index in [1.54, 1.807) is 0 Å². The fraction of sp³-hybridized carbons (Fsp3) is 0.954. The smallest absolute Gasteiger partial charge is 0.462 e. The van der Waals surface area contributed by atoms with Crippen LogP contribution in [0.25, 0.3) is 0 Å². The molecular weight excluding hydrogens is 1380 g/mol. The van der Waals surface area contributed by atoms with Gasteiger partial charge in [0.05, 0.1) is 26.4 Å². The lowest BCUT2D eigenvalue weighted by Crippen LogP contribution is -2.30. The molecule has 106 heavy (non-hydrogen) atoms. The molecule has 0 spiro atoms. The van der Waals surface area contributed by atoms with Gasteiger partial charge in [-0.1, -0.05) is 402 Å². The van der Waals surface area contributed by atoms with Crippen LogP contribution in [0, 0.1) is 23.7 Å². The van der Waals surface area contributed by atoms with Crippen LogP contribution in [0.3, 0.4) is 0 Å². The van der Waals surface area contributed by atoms with Crippen molar-refractivity contribution in [1.29, 1.82) is 0 Å². The lowest BCUT2D eigenvalue weighted by atomic mass is 9.99. The Morgan fingerprint density at radius 1 is 0.264 bits per heavy atom. The second-order valence-electron chi connectivity index (χ2n) is 33.0. The largest absolute Gasteiger partial charge is 0.472 e. The number of carbonyl (C=O) groups excluding carboxylic acids is 4. The molecule has 0 aliphatic heterocycles. The summed E-state index contributed by atoms with van der Waals surface area (Å²) in [6.07, 6.45) is 65.4. The maximum absolute atomic E-state index is 13.2. The topological polar surface area (TPSA) is 237 Å². The van der Waals surface area contributed by atoms with Crippen molar-refractivity contribution >= 4 is 39.5 Å².